The van der Waals surface area contributed by atoms with Gasteiger partial charge in [-0.15, -0.1) is 0 Å². The number of rotatable bonds is 6. The Hall–Kier alpha value is -1.65. The van der Waals surface area contributed by atoms with Gasteiger partial charge in [-0.1, -0.05) is 6.92 Å². The first-order chi connectivity index (χ1) is 9.60. The maximum absolute atomic E-state index is 13.6. The molecule has 0 amide bonds. The van der Waals surface area contributed by atoms with Crippen LogP contribution in [0.4, 0.5) is 14.5 Å². The van der Waals surface area contributed by atoms with Gasteiger partial charge in [0.25, 0.3) is 0 Å². The third kappa shape index (κ3) is 3.93. The van der Waals surface area contributed by atoms with Crippen molar-refractivity contribution in [1.29, 1.82) is 0 Å². The van der Waals surface area contributed by atoms with Crippen LogP contribution in [-0.2, 0) is 10.0 Å². The Morgan fingerprint density at radius 3 is 2.38 bits per heavy atom. The van der Waals surface area contributed by atoms with E-state index in [9.17, 15) is 27.3 Å². The number of benzene rings is 1. The summed E-state index contributed by atoms with van der Waals surface area (Å²) in [6.45, 7) is 2.68. The molecule has 1 rings (SSSR count). The molecule has 0 aliphatic carbocycles. The van der Waals surface area contributed by atoms with Crippen molar-refractivity contribution >= 4 is 15.7 Å². The summed E-state index contributed by atoms with van der Waals surface area (Å²) in [7, 11) is -4.43. The van der Waals surface area contributed by atoms with Crippen molar-refractivity contribution in [2.45, 2.75) is 24.8 Å². The summed E-state index contributed by atoms with van der Waals surface area (Å²) in [6, 6.07) is -0.278. The van der Waals surface area contributed by atoms with E-state index in [0.29, 0.717) is 6.07 Å². The lowest BCUT2D eigenvalue weighted by molar-refractivity contribution is -0.387. The van der Waals surface area contributed by atoms with Gasteiger partial charge in [0.05, 0.1) is 4.92 Å². The molecule has 0 aromatic heterocycles. The fourth-order valence-corrected chi connectivity index (χ4v) is 2.88. The minimum Gasteiger partial charge on any atom is -0.396 e. The first-order valence-electron chi connectivity index (χ1n) is 5.86. The lowest BCUT2D eigenvalue weighted by atomic mass is 10.1. The molecule has 1 aromatic rings. The van der Waals surface area contributed by atoms with E-state index in [4.69, 9.17) is 5.11 Å². The van der Waals surface area contributed by atoms with E-state index in [1.807, 2.05) is 0 Å². The Morgan fingerprint density at radius 1 is 1.33 bits per heavy atom. The SMILES string of the molecule is CC(CO)C(C)NS(=O)(=O)c1cc([N+](=O)[O-])c(F)cc1F. The van der Waals surface area contributed by atoms with Crippen LogP contribution in [0.25, 0.3) is 0 Å². The topological polar surface area (TPSA) is 110 Å². The molecule has 7 nitrogen and oxygen atoms in total. The molecule has 2 unspecified atom stereocenters. The van der Waals surface area contributed by atoms with E-state index >= 15 is 0 Å². The van der Waals surface area contributed by atoms with E-state index in [1.54, 1.807) is 6.92 Å². The number of halogens is 2. The van der Waals surface area contributed by atoms with Crippen molar-refractivity contribution < 1.29 is 27.2 Å². The van der Waals surface area contributed by atoms with E-state index in [0.717, 1.165) is 0 Å². The summed E-state index contributed by atoms with van der Waals surface area (Å²) in [4.78, 5) is 8.42. The Labute approximate surface area is 119 Å². The van der Waals surface area contributed by atoms with Crippen molar-refractivity contribution in [3.8, 4) is 0 Å². The zero-order valence-corrected chi connectivity index (χ0v) is 12.0. The molecule has 0 radical (unpaired) electrons. The fourth-order valence-electron chi connectivity index (χ4n) is 1.45. The van der Waals surface area contributed by atoms with E-state index in [2.05, 4.69) is 4.72 Å². The van der Waals surface area contributed by atoms with Gasteiger partial charge in [0, 0.05) is 24.8 Å². The minimum absolute atomic E-state index is 0.146. The standard InChI is InChI=1S/C11H14F2N2O5S/c1-6(5-16)7(2)14-21(19,20)11-4-10(15(17)18)8(12)3-9(11)13/h3-4,6-7,14,16H,5H2,1-2H3. The van der Waals surface area contributed by atoms with Gasteiger partial charge in [-0.3, -0.25) is 10.1 Å². The molecule has 21 heavy (non-hydrogen) atoms. The van der Waals surface area contributed by atoms with E-state index < -0.39 is 49.1 Å². The second kappa shape index (κ2) is 6.41. The van der Waals surface area contributed by atoms with Crippen molar-refractivity contribution in [2.75, 3.05) is 6.61 Å². The Kier molecular flexibility index (Phi) is 5.31. The van der Waals surface area contributed by atoms with Gasteiger partial charge in [-0.2, -0.15) is 4.39 Å². The summed E-state index contributed by atoms with van der Waals surface area (Å²) in [5, 5.41) is 19.5. The van der Waals surface area contributed by atoms with Crippen LogP contribution in [-0.4, -0.2) is 31.1 Å². The predicted molar refractivity (Wildman–Crippen MR) is 69.0 cm³/mol. The Morgan fingerprint density at radius 2 is 1.90 bits per heavy atom. The smallest absolute Gasteiger partial charge is 0.306 e. The molecule has 0 spiro atoms. The predicted octanol–water partition coefficient (Wildman–Crippen LogP) is 1.17. The molecule has 2 N–H and O–H groups in total. The van der Waals surface area contributed by atoms with Gasteiger partial charge in [0.15, 0.2) is 0 Å². The molecule has 0 bridgehead atoms. The Balaban J connectivity index is 3.26. The molecule has 0 saturated carbocycles. The van der Waals surface area contributed by atoms with Gasteiger partial charge in [-0.05, 0) is 12.8 Å². The zero-order valence-electron chi connectivity index (χ0n) is 11.2. The molecule has 0 aliphatic heterocycles. The highest BCUT2D eigenvalue weighted by Crippen LogP contribution is 2.25. The molecule has 0 fully saturated rings. The van der Waals surface area contributed by atoms with Crippen LogP contribution >= 0.6 is 0 Å². The molecule has 0 heterocycles. The monoisotopic (exact) mass is 324 g/mol. The third-order valence-electron chi connectivity index (χ3n) is 2.97. The molecule has 0 aliphatic rings. The number of nitro groups is 1. The fraction of sp³-hybridized carbons (Fsp3) is 0.455. The average molecular weight is 324 g/mol. The zero-order chi connectivity index (χ0) is 16.4. The summed E-state index contributed by atoms with van der Waals surface area (Å²) < 4.78 is 52.8. The highest BCUT2D eigenvalue weighted by Gasteiger charge is 2.28. The van der Waals surface area contributed by atoms with Gasteiger partial charge < -0.3 is 5.11 Å². The second-order valence-electron chi connectivity index (χ2n) is 4.56. The maximum atomic E-state index is 13.6. The van der Waals surface area contributed by atoms with Crippen LogP contribution in [0.15, 0.2) is 17.0 Å². The van der Waals surface area contributed by atoms with Crippen molar-refractivity contribution in [1.82, 2.24) is 4.72 Å². The molecule has 1 aromatic carbocycles. The van der Waals surface area contributed by atoms with Crippen LogP contribution in [0.3, 0.4) is 0 Å². The van der Waals surface area contributed by atoms with Crippen LogP contribution in [0.2, 0.25) is 0 Å². The average Bonchev–Trinajstić information content (AvgIpc) is 2.36. The van der Waals surface area contributed by atoms with Crippen LogP contribution in [0, 0.1) is 27.7 Å². The minimum atomic E-state index is -4.43. The van der Waals surface area contributed by atoms with Gasteiger partial charge in [0.1, 0.15) is 10.7 Å². The van der Waals surface area contributed by atoms with Crippen LogP contribution in [0.5, 0.6) is 0 Å². The number of hydrogen-bond donors (Lipinski definition) is 2. The number of hydrogen-bond acceptors (Lipinski definition) is 5. The first-order valence-corrected chi connectivity index (χ1v) is 7.35. The summed E-state index contributed by atoms with van der Waals surface area (Å²) in [5.74, 6) is -3.36. The molecular formula is C11H14F2N2O5S. The number of nitrogens with one attached hydrogen (secondary N) is 1. The van der Waals surface area contributed by atoms with Crippen LogP contribution in [0.1, 0.15) is 13.8 Å². The lowest BCUT2D eigenvalue weighted by Gasteiger charge is -2.19. The van der Waals surface area contributed by atoms with Crippen molar-refractivity contribution in [3.63, 3.8) is 0 Å². The highest BCUT2D eigenvalue weighted by molar-refractivity contribution is 7.89. The number of nitro benzene ring substituents is 1. The largest absolute Gasteiger partial charge is 0.396 e. The first kappa shape index (κ1) is 17.4. The number of aliphatic hydroxyl groups is 1. The van der Waals surface area contributed by atoms with Gasteiger partial charge >= 0.3 is 5.69 Å². The van der Waals surface area contributed by atoms with Gasteiger partial charge in [0.2, 0.25) is 15.8 Å². The van der Waals surface area contributed by atoms with Gasteiger partial charge in [-0.25, -0.2) is 17.5 Å². The second-order valence-corrected chi connectivity index (χ2v) is 6.24. The molecule has 118 valence electrons. The number of nitrogens with zero attached hydrogens (tertiary/aromatic N) is 1. The summed E-state index contributed by atoms with van der Waals surface area (Å²) >= 11 is 0. The number of aliphatic hydroxyl groups excluding tert-OH is 1. The lowest BCUT2D eigenvalue weighted by Crippen LogP contribution is -2.38. The van der Waals surface area contributed by atoms with Crippen LogP contribution < -0.4 is 4.72 Å². The normalized spacial score (nSPS) is 14.7. The Bertz CT molecular complexity index is 650. The van der Waals surface area contributed by atoms with E-state index in [1.165, 1.54) is 6.92 Å². The molecule has 0 saturated heterocycles. The van der Waals surface area contributed by atoms with Crippen molar-refractivity contribution in [2.24, 2.45) is 5.92 Å². The number of sulfonamides is 1. The maximum Gasteiger partial charge on any atom is 0.306 e. The highest BCUT2D eigenvalue weighted by atomic mass is 32.2. The summed E-state index contributed by atoms with van der Waals surface area (Å²) in [5.41, 5.74) is -1.14. The molecule has 10 heteroatoms. The summed E-state index contributed by atoms with van der Waals surface area (Å²) in [6.07, 6.45) is 0. The van der Waals surface area contributed by atoms with Crippen molar-refractivity contribution in [3.05, 3.63) is 33.9 Å². The molecular weight excluding hydrogens is 310 g/mol. The molecule has 2 atom stereocenters. The quantitative estimate of drug-likeness (QED) is 0.603. The third-order valence-corrected chi connectivity index (χ3v) is 4.54. The van der Waals surface area contributed by atoms with E-state index in [-0.39, 0.29) is 12.7 Å².